The standard InChI is InChI=1S/C29H46/c1-3-5-6-8-12-25-17-21-28(22-18-25)29(23-26-13-9-7-10-14-26)27-19-15-24(11-4-2)16-20-27/h7,9,17-18,21-22,24,26-27,29H,3-6,8,10-16,19-20,23H2,1-2H3. The molecule has 0 N–H and O–H groups in total. The van der Waals surface area contributed by atoms with E-state index in [0.717, 1.165) is 23.7 Å². The van der Waals surface area contributed by atoms with E-state index < -0.39 is 0 Å². The van der Waals surface area contributed by atoms with E-state index >= 15 is 0 Å². The van der Waals surface area contributed by atoms with Crippen molar-refractivity contribution < 1.29 is 0 Å². The van der Waals surface area contributed by atoms with E-state index in [1.54, 1.807) is 11.1 Å². The lowest BCUT2D eigenvalue weighted by Crippen LogP contribution is -2.23. The second kappa shape index (κ2) is 12.6. The van der Waals surface area contributed by atoms with Crippen LogP contribution in [0.5, 0.6) is 0 Å². The molecule has 0 spiro atoms. The van der Waals surface area contributed by atoms with Crippen molar-refractivity contribution in [2.75, 3.05) is 0 Å². The number of hydrogen-bond donors (Lipinski definition) is 0. The molecule has 0 heterocycles. The van der Waals surface area contributed by atoms with Gasteiger partial charge in [-0.25, -0.2) is 0 Å². The fourth-order valence-corrected chi connectivity index (χ4v) is 6.01. The van der Waals surface area contributed by atoms with Crippen LogP contribution in [0.3, 0.4) is 0 Å². The van der Waals surface area contributed by atoms with Gasteiger partial charge in [-0.2, -0.15) is 0 Å². The molecule has 1 aromatic carbocycles. The van der Waals surface area contributed by atoms with Crippen molar-refractivity contribution in [1.29, 1.82) is 0 Å². The van der Waals surface area contributed by atoms with Crippen LogP contribution in [-0.2, 0) is 6.42 Å². The van der Waals surface area contributed by atoms with Crippen molar-refractivity contribution >= 4 is 0 Å². The van der Waals surface area contributed by atoms with Gasteiger partial charge >= 0.3 is 0 Å². The predicted molar refractivity (Wildman–Crippen MR) is 128 cm³/mol. The van der Waals surface area contributed by atoms with Crippen molar-refractivity contribution in [2.24, 2.45) is 17.8 Å². The van der Waals surface area contributed by atoms with E-state index in [1.165, 1.54) is 96.3 Å². The summed E-state index contributed by atoms with van der Waals surface area (Å²) in [6.45, 7) is 4.65. The van der Waals surface area contributed by atoms with Gasteiger partial charge in [0.15, 0.2) is 0 Å². The molecule has 0 aromatic heterocycles. The zero-order valence-corrected chi connectivity index (χ0v) is 19.4. The van der Waals surface area contributed by atoms with Gasteiger partial charge < -0.3 is 0 Å². The molecule has 1 aromatic rings. The Kier molecular flexibility index (Phi) is 9.84. The molecule has 0 nitrogen and oxygen atoms in total. The minimum atomic E-state index is 0.795. The van der Waals surface area contributed by atoms with Crippen molar-refractivity contribution in [1.82, 2.24) is 0 Å². The molecule has 1 fully saturated rings. The summed E-state index contributed by atoms with van der Waals surface area (Å²) in [6.07, 6.45) is 25.7. The van der Waals surface area contributed by atoms with Gasteiger partial charge in [-0.15, -0.1) is 0 Å². The highest BCUT2D eigenvalue weighted by Crippen LogP contribution is 2.44. The molecule has 2 aliphatic rings. The maximum absolute atomic E-state index is 2.51. The molecule has 2 unspecified atom stereocenters. The Morgan fingerprint density at radius 2 is 1.59 bits per heavy atom. The van der Waals surface area contributed by atoms with Crippen LogP contribution in [0, 0.1) is 17.8 Å². The van der Waals surface area contributed by atoms with Gasteiger partial charge in [-0.05, 0) is 86.2 Å². The van der Waals surface area contributed by atoms with Gasteiger partial charge in [0.05, 0.1) is 0 Å². The third-order valence-electron chi connectivity index (χ3n) is 7.85. The molecule has 0 bridgehead atoms. The number of unbranched alkanes of at least 4 members (excludes halogenated alkanes) is 3. The van der Waals surface area contributed by atoms with Crippen LogP contribution >= 0.6 is 0 Å². The summed E-state index contributed by atoms with van der Waals surface area (Å²) in [5, 5.41) is 0. The zero-order chi connectivity index (χ0) is 20.3. The maximum Gasteiger partial charge on any atom is -0.0131 e. The summed E-state index contributed by atoms with van der Waals surface area (Å²) in [5.41, 5.74) is 3.20. The summed E-state index contributed by atoms with van der Waals surface area (Å²) in [7, 11) is 0. The highest BCUT2D eigenvalue weighted by atomic mass is 14.3. The lowest BCUT2D eigenvalue weighted by atomic mass is 9.69. The predicted octanol–water partition coefficient (Wildman–Crippen LogP) is 9.25. The Hall–Kier alpha value is -1.04. The van der Waals surface area contributed by atoms with Gasteiger partial charge in [-0.1, -0.05) is 95.2 Å². The third-order valence-corrected chi connectivity index (χ3v) is 7.85. The molecule has 2 aliphatic carbocycles. The zero-order valence-electron chi connectivity index (χ0n) is 19.4. The monoisotopic (exact) mass is 394 g/mol. The van der Waals surface area contributed by atoms with Crippen LogP contribution in [0.25, 0.3) is 0 Å². The number of aryl methyl sites for hydroxylation is 1. The van der Waals surface area contributed by atoms with Crippen LogP contribution in [0.1, 0.15) is 121 Å². The molecule has 0 heteroatoms. The molecule has 1 saturated carbocycles. The minimum Gasteiger partial charge on any atom is -0.0885 e. The number of allylic oxidation sites excluding steroid dienone is 2. The largest absolute Gasteiger partial charge is 0.0885 e. The Morgan fingerprint density at radius 3 is 2.24 bits per heavy atom. The van der Waals surface area contributed by atoms with Crippen molar-refractivity contribution in [3.8, 4) is 0 Å². The molecule has 2 atom stereocenters. The van der Waals surface area contributed by atoms with Crippen LogP contribution in [0.15, 0.2) is 36.4 Å². The van der Waals surface area contributed by atoms with Crippen LogP contribution < -0.4 is 0 Å². The Bertz CT molecular complexity index is 573. The van der Waals surface area contributed by atoms with E-state index in [-0.39, 0.29) is 0 Å². The fourth-order valence-electron chi connectivity index (χ4n) is 6.01. The summed E-state index contributed by atoms with van der Waals surface area (Å²) in [5.74, 6) is 3.64. The lowest BCUT2D eigenvalue weighted by molar-refractivity contribution is 0.211. The lowest BCUT2D eigenvalue weighted by Gasteiger charge is -2.36. The minimum absolute atomic E-state index is 0.795. The molecule has 0 saturated heterocycles. The molecule has 0 amide bonds. The summed E-state index contributed by atoms with van der Waals surface area (Å²) < 4.78 is 0. The summed E-state index contributed by atoms with van der Waals surface area (Å²) in [4.78, 5) is 0. The van der Waals surface area contributed by atoms with Gasteiger partial charge in [0.2, 0.25) is 0 Å². The first kappa shape index (κ1) is 22.6. The first-order valence-corrected chi connectivity index (χ1v) is 13.0. The highest BCUT2D eigenvalue weighted by molar-refractivity contribution is 5.26. The molecule has 3 rings (SSSR count). The molecule has 162 valence electrons. The van der Waals surface area contributed by atoms with Crippen LogP contribution in [0.4, 0.5) is 0 Å². The summed E-state index contributed by atoms with van der Waals surface area (Å²) >= 11 is 0. The van der Waals surface area contributed by atoms with E-state index in [9.17, 15) is 0 Å². The smallest absolute Gasteiger partial charge is 0.0131 e. The van der Waals surface area contributed by atoms with Crippen molar-refractivity contribution in [2.45, 2.75) is 116 Å². The Labute approximate surface area is 181 Å². The number of benzene rings is 1. The third kappa shape index (κ3) is 7.30. The Balaban J connectivity index is 1.63. The maximum atomic E-state index is 2.51. The Morgan fingerprint density at radius 1 is 0.793 bits per heavy atom. The van der Waals surface area contributed by atoms with Gasteiger partial charge in [-0.3, -0.25) is 0 Å². The normalized spacial score (nSPS) is 25.8. The SMILES string of the molecule is CCCCCCc1ccc(C(CC2CC=CCC2)C2CCC(CCC)CC2)cc1. The average molecular weight is 395 g/mol. The van der Waals surface area contributed by atoms with E-state index in [4.69, 9.17) is 0 Å². The van der Waals surface area contributed by atoms with Gasteiger partial charge in [0, 0.05) is 0 Å². The second-order valence-electron chi connectivity index (χ2n) is 10.1. The topological polar surface area (TPSA) is 0 Å². The van der Waals surface area contributed by atoms with Gasteiger partial charge in [0.25, 0.3) is 0 Å². The van der Waals surface area contributed by atoms with Gasteiger partial charge in [0.1, 0.15) is 0 Å². The molecule has 0 radical (unpaired) electrons. The van der Waals surface area contributed by atoms with E-state index in [1.807, 2.05) is 0 Å². The first-order valence-electron chi connectivity index (χ1n) is 13.0. The fraction of sp³-hybridized carbons (Fsp3) is 0.724. The van der Waals surface area contributed by atoms with Crippen molar-refractivity contribution in [3.63, 3.8) is 0 Å². The van der Waals surface area contributed by atoms with E-state index in [2.05, 4.69) is 50.3 Å². The first-order chi connectivity index (χ1) is 14.3. The van der Waals surface area contributed by atoms with Crippen LogP contribution in [-0.4, -0.2) is 0 Å². The molecule has 29 heavy (non-hydrogen) atoms. The number of hydrogen-bond acceptors (Lipinski definition) is 0. The highest BCUT2D eigenvalue weighted by Gasteiger charge is 2.30. The average Bonchev–Trinajstić information content (AvgIpc) is 2.77. The van der Waals surface area contributed by atoms with E-state index in [0.29, 0.717) is 0 Å². The second-order valence-corrected chi connectivity index (χ2v) is 10.1. The molecular weight excluding hydrogens is 348 g/mol. The molecule has 0 aliphatic heterocycles. The quantitative estimate of drug-likeness (QED) is 0.259. The van der Waals surface area contributed by atoms with Crippen molar-refractivity contribution in [3.05, 3.63) is 47.5 Å². The number of rotatable bonds is 11. The summed E-state index contributed by atoms with van der Waals surface area (Å²) in [6, 6.07) is 9.93. The van der Waals surface area contributed by atoms with Crippen LogP contribution in [0.2, 0.25) is 0 Å². The molecular formula is C29H46.